The third-order valence-corrected chi connectivity index (χ3v) is 6.47. The van der Waals surface area contributed by atoms with E-state index in [1.165, 1.54) is 7.11 Å². The Morgan fingerprint density at radius 3 is 2.64 bits per heavy atom. The average molecular weight is 485 g/mol. The van der Waals surface area contributed by atoms with Gasteiger partial charge in [0.15, 0.2) is 17.3 Å². The van der Waals surface area contributed by atoms with Crippen molar-refractivity contribution in [1.82, 2.24) is 4.90 Å². The van der Waals surface area contributed by atoms with E-state index < -0.39 is 5.97 Å². The minimum atomic E-state index is -0.413. The maximum atomic E-state index is 13.2. The lowest BCUT2D eigenvalue weighted by molar-refractivity contribution is 0.0600. The number of ketones is 1. The summed E-state index contributed by atoms with van der Waals surface area (Å²) in [5.41, 5.74) is 4.55. The number of rotatable bonds is 4. The number of carbonyl (C=O) groups is 2. The van der Waals surface area contributed by atoms with Crippen molar-refractivity contribution in [2.45, 2.75) is 20.0 Å². The van der Waals surface area contributed by atoms with Crippen molar-refractivity contribution in [2.75, 3.05) is 20.6 Å². The van der Waals surface area contributed by atoms with Gasteiger partial charge in [-0.1, -0.05) is 18.2 Å². The maximum Gasteiger partial charge on any atom is 0.337 e. The van der Waals surface area contributed by atoms with E-state index in [1.54, 1.807) is 30.3 Å². The number of allylic oxidation sites excluding steroid dienone is 1. The summed E-state index contributed by atoms with van der Waals surface area (Å²) in [7, 11) is 1.34. The van der Waals surface area contributed by atoms with Gasteiger partial charge in [-0.3, -0.25) is 9.69 Å². The van der Waals surface area contributed by atoms with E-state index in [0.717, 1.165) is 39.5 Å². The van der Waals surface area contributed by atoms with E-state index in [0.29, 0.717) is 36.7 Å². The van der Waals surface area contributed by atoms with Crippen molar-refractivity contribution in [1.29, 1.82) is 0 Å². The number of carbonyl (C=O) groups excluding carboxylic acids is 2. The van der Waals surface area contributed by atoms with Gasteiger partial charge in [0, 0.05) is 24.2 Å². The Balaban J connectivity index is 1.22. The molecule has 3 aliphatic rings. The smallest absolute Gasteiger partial charge is 0.337 e. The number of hydrogen-bond donors (Lipinski definition) is 0. The molecule has 182 valence electrons. The number of nitrogens with zero attached hydrogens (tertiary/aromatic N) is 1. The summed E-state index contributed by atoms with van der Waals surface area (Å²) in [6.07, 6.45) is 1.68. The number of methoxy groups -OCH3 is 1. The lowest BCUT2D eigenvalue weighted by atomic mass is 9.99. The minimum Gasteiger partial charge on any atom is -0.477 e. The van der Waals surface area contributed by atoms with Gasteiger partial charge in [0.25, 0.3) is 0 Å². The molecule has 8 heteroatoms. The third kappa shape index (κ3) is 3.85. The molecule has 0 radical (unpaired) electrons. The summed E-state index contributed by atoms with van der Waals surface area (Å²) in [4.78, 5) is 27.0. The Labute approximate surface area is 207 Å². The third-order valence-electron chi connectivity index (χ3n) is 6.47. The first-order valence-electron chi connectivity index (χ1n) is 11.5. The fourth-order valence-electron chi connectivity index (χ4n) is 4.68. The zero-order chi connectivity index (χ0) is 24.8. The van der Waals surface area contributed by atoms with E-state index >= 15 is 0 Å². The van der Waals surface area contributed by atoms with Gasteiger partial charge < -0.3 is 23.7 Å². The first-order valence-corrected chi connectivity index (χ1v) is 11.5. The SMILES string of the molecule is COC(=O)c1ccc(/C=C2\Oc3c(cc4c(c3C)OCN(Cc3ccc5c(c3)OCO5)C4)C2=O)cc1. The molecule has 0 amide bonds. The van der Waals surface area contributed by atoms with Crippen LogP contribution in [0.5, 0.6) is 23.0 Å². The summed E-state index contributed by atoms with van der Waals surface area (Å²) < 4.78 is 27.7. The van der Waals surface area contributed by atoms with Crippen molar-refractivity contribution in [3.63, 3.8) is 0 Å². The van der Waals surface area contributed by atoms with Crippen LogP contribution in [0.25, 0.3) is 6.08 Å². The van der Waals surface area contributed by atoms with Crippen LogP contribution in [0.3, 0.4) is 0 Å². The van der Waals surface area contributed by atoms with E-state index in [2.05, 4.69) is 4.90 Å². The summed E-state index contributed by atoms with van der Waals surface area (Å²) in [6, 6.07) is 14.6. The maximum absolute atomic E-state index is 13.2. The van der Waals surface area contributed by atoms with Gasteiger partial charge in [0.2, 0.25) is 12.6 Å². The van der Waals surface area contributed by atoms with Crippen molar-refractivity contribution < 1.29 is 33.3 Å². The van der Waals surface area contributed by atoms with Crippen LogP contribution in [0.15, 0.2) is 54.3 Å². The molecule has 0 N–H and O–H groups in total. The number of fused-ring (bicyclic) bond motifs is 3. The highest BCUT2D eigenvalue weighted by Crippen LogP contribution is 2.43. The zero-order valence-corrected chi connectivity index (χ0v) is 19.8. The highest BCUT2D eigenvalue weighted by molar-refractivity contribution is 6.15. The van der Waals surface area contributed by atoms with Crippen molar-refractivity contribution in [3.05, 3.63) is 87.7 Å². The average Bonchev–Trinajstić information content (AvgIpc) is 3.48. The number of ether oxygens (including phenoxy) is 5. The second-order valence-electron chi connectivity index (χ2n) is 8.87. The molecule has 6 rings (SSSR count). The molecule has 0 saturated carbocycles. The predicted octanol–water partition coefficient (Wildman–Crippen LogP) is 4.48. The standard InChI is InChI=1S/C28H23NO7/c1-16-26-20(13-29(14-33-26)12-18-5-8-22-23(10-18)35-15-34-22)11-21-25(30)24(36-27(16)21)9-17-3-6-19(7-4-17)28(31)32-2/h3-11H,12-15H2,1-2H3/b24-9-. The fourth-order valence-corrected chi connectivity index (χ4v) is 4.68. The lowest BCUT2D eigenvalue weighted by Gasteiger charge is -2.30. The molecular weight excluding hydrogens is 462 g/mol. The van der Waals surface area contributed by atoms with Gasteiger partial charge in [-0.05, 0) is 54.5 Å². The van der Waals surface area contributed by atoms with Crippen LogP contribution in [0.1, 0.15) is 43.0 Å². The van der Waals surface area contributed by atoms with Crippen molar-refractivity contribution in [2.24, 2.45) is 0 Å². The van der Waals surface area contributed by atoms with E-state index in [1.807, 2.05) is 31.2 Å². The topological polar surface area (TPSA) is 83.5 Å². The Kier molecular flexibility index (Phi) is 5.38. The Morgan fingerprint density at radius 1 is 1.03 bits per heavy atom. The molecule has 8 nitrogen and oxygen atoms in total. The van der Waals surface area contributed by atoms with Crippen LogP contribution >= 0.6 is 0 Å². The molecule has 36 heavy (non-hydrogen) atoms. The Bertz CT molecular complexity index is 1420. The molecule has 0 aliphatic carbocycles. The fraction of sp³-hybridized carbons (Fsp3) is 0.214. The van der Waals surface area contributed by atoms with Crippen LogP contribution in [0.4, 0.5) is 0 Å². The highest BCUT2D eigenvalue weighted by Gasteiger charge is 2.33. The second kappa shape index (κ2) is 8.73. The number of esters is 1. The molecule has 3 aromatic carbocycles. The van der Waals surface area contributed by atoms with Gasteiger partial charge in [-0.25, -0.2) is 4.79 Å². The molecule has 0 atom stereocenters. The molecule has 0 aromatic heterocycles. The number of benzene rings is 3. The molecule has 0 spiro atoms. The molecular formula is C28H23NO7. The van der Waals surface area contributed by atoms with Gasteiger partial charge in [0.05, 0.1) is 18.2 Å². The second-order valence-corrected chi connectivity index (χ2v) is 8.87. The van der Waals surface area contributed by atoms with Gasteiger partial charge >= 0.3 is 5.97 Å². The Hall–Kier alpha value is -4.30. The molecule has 0 bridgehead atoms. The van der Waals surface area contributed by atoms with Gasteiger partial charge in [-0.2, -0.15) is 0 Å². The Morgan fingerprint density at radius 2 is 1.83 bits per heavy atom. The first-order chi connectivity index (χ1) is 17.5. The van der Waals surface area contributed by atoms with Crippen LogP contribution in [-0.2, 0) is 17.8 Å². The van der Waals surface area contributed by atoms with Crippen LogP contribution in [0.2, 0.25) is 0 Å². The molecule has 0 saturated heterocycles. The molecule has 0 fully saturated rings. The quantitative estimate of drug-likeness (QED) is 0.395. The molecule has 3 aliphatic heterocycles. The summed E-state index contributed by atoms with van der Waals surface area (Å²) in [5, 5.41) is 0. The van der Waals surface area contributed by atoms with Crippen LogP contribution in [0, 0.1) is 6.92 Å². The van der Waals surface area contributed by atoms with Crippen molar-refractivity contribution >= 4 is 17.8 Å². The zero-order valence-electron chi connectivity index (χ0n) is 19.8. The summed E-state index contributed by atoms with van der Waals surface area (Å²) in [5.74, 6) is 2.43. The molecule has 3 aromatic rings. The monoisotopic (exact) mass is 485 g/mol. The van der Waals surface area contributed by atoms with E-state index in [4.69, 9.17) is 23.7 Å². The number of hydrogen-bond acceptors (Lipinski definition) is 8. The first kappa shape index (κ1) is 22.2. The lowest BCUT2D eigenvalue weighted by Crippen LogP contribution is -2.32. The van der Waals surface area contributed by atoms with Gasteiger partial charge in [0.1, 0.15) is 18.2 Å². The number of Topliss-reactive ketones (excluding diaryl/α,β-unsaturated/α-hetero) is 1. The molecule has 0 unspecified atom stereocenters. The highest BCUT2D eigenvalue weighted by atomic mass is 16.7. The van der Waals surface area contributed by atoms with Crippen molar-refractivity contribution in [3.8, 4) is 23.0 Å². The van der Waals surface area contributed by atoms with Gasteiger partial charge in [-0.15, -0.1) is 0 Å². The summed E-state index contributed by atoms with van der Waals surface area (Å²) >= 11 is 0. The minimum absolute atomic E-state index is 0.180. The van der Waals surface area contributed by atoms with E-state index in [9.17, 15) is 9.59 Å². The van der Waals surface area contributed by atoms with E-state index in [-0.39, 0.29) is 18.3 Å². The van der Waals surface area contributed by atoms with Crippen LogP contribution < -0.4 is 18.9 Å². The predicted molar refractivity (Wildman–Crippen MR) is 129 cm³/mol. The normalized spacial score (nSPS) is 16.8. The summed E-state index contributed by atoms with van der Waals surface area (Å²) in [6.45, 7) is 3.88. The van der Waals surface area contributed by atoms with Crippen LogP contribution in [-0.4, -0.2) is 37.3 Å². The molecule has 3 heterocycles. The largest absolute Gasteiger partial charge is 0.477 e.